The fourth-order valence-corrected chi connectivity index (χ4v) is 3.89. The molecule has 1 atom stereocenters. The van der Waals surface area contributed by atoms with Gasteiger partial charge in [-0.25, -0.2) is 0 Å². The predicted molar refractivity (Wildman–Crippen MR) is 120 cm³/mol. The van der Waals surface area contributed by atoms with Gasteiger partial charge >= 0.3 is 6.18 Å². The van der Waals surface area contributed by atoms with Gasteiger partial charge in [0, 0.05) is 33.1 Å². The summed E-state index contributed by atoms with van der Waals surface area (Å²) >= 11 is 11.9. The van der Waals surface area contributed by atoms with E-state index in [9.17, 15) is 18.0 Å². The lowest BCUT2D eigenvalue weighted by molar-refractivity contribution is -0.269. The van der Waals surface area contributed by atoms with E-state index in [2.05, 4.69) is 15.8 Å². The lowest BCUT2D eigenvalue weighted by Gasteiger charge is -2.28. The molecular weight excluding hydrogens is 478 g/mol. The molecule has 2 aromatic carbocycles. The first kappa shape index (κ1) is 23.1. The number of nitrogens with zero attached hydrogens (tertiary/aromatic N) is 1. The highest BCUT2D eigenvalue weighted by molar-refractivity contribution is 6.34. The number of alkyl halides is 3. The first-order valence-electron chi connectivity index (χ1n) is 9.63. The summed E-state index contributed by atoms with van der Waals surface area (Å²) in [5.74, 6) is -0.446. The lowest BCUT2D eigenvalue weighted by Crippen LogP contribution is -2.42. The zero-order valence-electron chi connectivity index (χ0n) is 17.0. The van der Waals surface area contributed by atoms with Gasteiger partial charge in [-0.3, -0.25) is 20.1 Å². The number of hydrogen-bond acceptors (Lipinski definition) is 4. The Morgan fingerprint density at radius 1 is 1.09 bits per heavy atom. The number of aromatic nitrogens is 1. The first-order chi connectivity index (χ1) is 15.6. The van der Waals surface area contributed by atoms with Crippen molar-refractivity contribution in [1.29, 1.82) is 0 Å². The van der Waals surface area contributed by atoms with E-state index in [-0.39, 0.29) is 27.0 Å². The Hall–Kier alpha value is -3.07. The fourth-order valence-electron chi connectivity index (χ4n) is 3.36. The van der Waals surface area contributed by atoms with Crippen molar-refractivity contribution < 1.29 is 22.8 Å². The van der Waals surface area contributed by atoms with Crippen LogP contribution in [0.4, 0.5) is 18.9 Å². The summed E-state index contributed by atoms with van der Waals surface area (Å²) < 4.78 is 42.6. The first-order valence-corrected chi connectivity index (χ1v) is 10.4. The van der Waals surface area contributed by atoms with Gasteiger partial charge in [0.2, 0.25) is 5.60 Å². The topological polar surface area (TPSA) is 63.2 Å². The number of anilines is 1. The number of benzene rings is 2. The van der Waals surface area contributed by atoms with Gasteiger partial charge in [-0.15, -0.1) is 0 Å². The number of nitrogens with one attached hydrogen (secondary N) is 2. The van der Waals surface area contributed by atoms with Gasteiger partial charge in [0.05, 0.1) is 5.70 Å². The second-order valence-corrected chi connectivity index (χ2v) is 8.23. The van der Waals surface area contributed by atoms with Crippen LogP contribution < -0.4 is 10.8 Å². The fraction of sp³-hybridized carbons (Fsp3) is 0.130. The monoisotopic (exact) mass is 493 g/mol. The molecule has 10 heteroatoms. The Balaban J connectivity index is 1.72. The summed E-state index contributed by atoms with van der Waals surface area (Å²) in [7, 11) is 0. The summed E-state index contributed by atoms with van der Waals surface area (Å²) in [6.45, 7) is 1.76. The van der Waals surface area contributed by atoms with Crippen LogP contribution >= 0.6 is 23.2 Å². The van der Waals surface area contributed by atoms with Crippen LogP contribution in [-0.4, -0.2) is 17.1 Å². The molecule has 0 aliphatic carbocycles. The predicted octanol–water partition coefficient (Wildman–Crippen LogP) is 6.28. The molecule has 1 unspecified atom stereocenters. The van der Waals surface area contributed by atoms with Crippen LogP contribution in [0.5, 0.6) is 0 Å². The molecule has 5 nitrogen and oxygen atoms in total. The molecule has 0 saturated carbocycles. The third kappa shape index (κ3) is 4.55. The Kier molecular flexibility index (Phi) is 6.09. The molecular formula is C23H16Cl2F3N3O2. The minimum absolute atomic E-state index is 0.0430. The molecule has 33 heavy (non-hydrogen) atoms. The summed E-state index contributed by atoms with van der Waals surface area (Å²) in [6, 6.07) is 13.4. The second kappa shape index (κ2) is 8.70. The number of carbonyl (C=O) groups excluding carboxylic acids is 1. The second-order valence-electron chi connectivity index (χ2n) is 7.35. The van der Waals surface area contributed by atoms with E-state index < -0.39 is 17.7 Å². The van der Waals surface area contributed by atoms with Crippen molar-refractivity contribution in [3.63, 3.8) is 0 Å². The number of rotatable bonds is 4. The minimum Gasteiger partial charge on any atom is -0.320 e. The zero-order valence-corrected chi connectivity index (χ0v) is 18.5. The molecule has 0 spiro atoms. The van der Waals surface area contributed by atoms with Crippen LogP contribution in [0.3, 0.4) is 0 Å². The number of pyridine rings is 1. The standard InChI is InChI=1S/C23H16Cl2F3N3O2/c1-13-5-6-14(8-19(13)30-21(32)18-4-2-3-7-29-18)20-12-22(33-31-20,23(26,27)28)15-9-16(24)11-17(25)10-15/h2-12,31H,1H3,(H,30,32). The van der Waals surface area contributed by atoms with E-state index in [4.69, 9.17) is 28.0 Å². The Morgan fingerprint density at radius 3 is 2.45 bits per heavy atom. The highest BCUT2D eigenvalue weighted by Gasteiger charge is 2.59. The van der Waals surface area contributed by atoms with Gasteiger partial charge in [0.15, 0.2) is 0 Å². The highest BCUT2D eigenvalue weighted by Crippen LogP contribution is 2.48. The maximum atomic E-state index is 14.2. The van der Waals surface area contributed by atoms with Crippen molar-refractivity contribution in [2.24, 2.45) is 0 Å². The van der Waals surface area contributed by atoms with Gasteiger partial charge < -0.3 is 5.32 Å². The molecule has 3 aromatic rings. The van der Waals surface area contributed by atoms with Gasteiger partial charge in [-0.2, -0.15) is 13.2 Å². The van der Waals surface area contributed by atoms with E-state index in [1.165, 1.54) is 12.3 Å². The smallest absolute Gasteiger partial charge is 0.320 e. The Bertz CT molecular complexity index is 1230. The zero-order chi connectivity index (χ0) is 23.8. The van der Waals surface area contributed by atoms with Crippen molar-refractivity contribution in [2.75, 3.05) is 5.32 Å². The maximum Gasteiger partial charge on any atom is 0.428 e. The molecule has 0 radical (unpaired) electrons. The largest absolute Gasteiger partial charge is 0.428 e. The third-order valence-corrected chi connectivity index (χ3v) is 5.51. The van der Waals surface area contributed by atoms with Gasteiger partial charge in [0.25, 0.3) is 5.91 Å². The number of aryl methyl sites for hydroxylation is 1. The van der Waals surface area contributed by atoms with Crippen molar-refractivity contribution in [2.45, 2.75) is 18.7 Å². The average molecular weight is 494 g/mol. The van der Waals surface area contributed by atoms with E-state index >= 15 is 0 Å². The molecule has 1 aromatic heterocycles. The molecule has 1 aliphatic rings. The third-order valence-electron chi connectivity index (χ3n) is 5.08. The molecule has 0 saturated heterocycles. The van der Waals surface area contributed by atoms with E-state index in [1.54, 1.807) is 43.3 Å². The number of amides is 1. The average Bonchev–Trinajstić information content (AvgIpc) is 3.22. The van der Waals surface area contributed by atoms with E-state index in [0.717, 1.165) is 18.2 Å². The molecule has 1 aliphatic heterocycles. The minimum atomic E-state index is -4.82. The van der Waals surface area contributed by atoms with Crippen molar-refractivity contribution in [3.8, 4) is 0 Å². The van der Waals surface area contributed by atoms with Crippen molar-refractivity contribution in [1.82, 2.24) is 10.5 Å². The van der Waals surface area contributed by atoms with Crippen LogP contribution in [0.2, 0.25) is 10.0 Å². The van der Waals surface area contributed by atoms with Crippen LogP contribution in [0, 0.1) is 6.92 Å². The molecule has 0 fully saturated rings. The van der Waals surface area contributed by atoms with Gasteiger partial charge in [-0.05, 0) is 55.0 Å². The van der Waals surface area contributed by atoms with E-state index in [1.807, 2.05) is 0 Å². The summed E-state index contributed by atoms with van der Waals surface area (Å²) in [5, 5.41) is 2.82. The molecule has 1 amide bonds. The summed E-state index contributed by atoms with van der Waals surface area (Å²) in [6.07, 6.45) is -2.41. The summed E-state index contributed by atoms with van der Waals surface area (Å²) in [4.78, 5) is 21.6. The molecule has 0 bridgehead atoms. The number of hydroxylamine groups is 1. The molecule has 170 valence electrons. The Morgan fingerprint density at radius 2 is 1.82 bits per heavy atom. The van der Waals surface area contributed by atoms with Crippen LogP contribution in [0.15, 0.2) is 66.9 Å². The number of carbonyl (C=O) groups is 1. The molecule has 4 rings (SSSR count). The van der Waals surface area contributed by atoms with Crippen LogP contribution in [-0.2, 0) is 10.4 Å². The number of hydrogen-bond donors (Lipinski definition) is 2. The number of halogens is 5. The molecule has 2 heterocycles. The van der Waals surface area contributed by atoms with E-state index in [0.29, 0.717) is 16.8 Å². The van der Waals surface area contributed by atoms with Crippen molar-refractivity contribution >= 4 is 40.5 Å². The van der Waals surface area contributed by atoms with Crippen LogP contribution in [0.25, 0.3) is 5.70 Å². The highest BCUT2D eigenvalue weighted by atomic mass is 35.5. The van der Waals surface area contributed by atoms with Gasteiger partial charge in [-0.1, -0.05) is 41.4 Å². The molecule has 2 N–H and O–H groups in total. The normalized spacial score (nSPS) is 17.9. The van der Waals surface area contributed by atoms with Crippen molar-refractivity contribution in [3.05, 3.63) is 99.3 Å². The Labute approximate surface area is 197 Å². The van der Waals surface area contributed by atoms with Crippen LogP contribution in [0.1, 0.15) is 27.2 Å². The summed E-state index contributed by atoms with van der Waals surface area (Å²) in [5.41, 5.74) is 1.07. The lowest BCUT2D eigenvalue weighted by atomic mass is 9.91. The SMILES string of the molecule is Cc1ccc(C2=CC(c3cc(Cl)cc(Cl)c3)(C(F)(F)F)ON2)cc1NC(=O)c1ccccn1. The quantitative estimate of drug-likeness (QED) is 0.448. The maximum absolute atomic E-state index is 14.2. The van der Waals surface area contributed by atoms with Gasteiger partial charge in [0.1, 0.15) is 5.69 Å².